The van der Waals surface area contributed by atoms with Gasteiger partial charge in [-0.2, -0.15) is 0 Å². The molecule has 5 heteroatoms. The van der Waals surface area contributed by atoms with E-state index in [0.717, 1.165) is 12.2 Å². The van der Waals surface area contributed by atoms with E-state index in [0.29, 0.717) is 25.7 Å². The van der Waals surface area contributed by atoms with Crippen molar-refractivity contribution < 1.29 is 9.53 Å². The lowest BCUT2D eigenvalue weighted by Crippen LogP contribution is -2.59. The number of likely N-dealkylation sites (tertiary alicyclic amines) is 1. The Morgan fingerprint density at radius 3 is 2.67 bits per heavy atom. The molecule has 0 saturated carbocycles. The number of rotatable bonds is 6. The van der Waals surface area contributed by atoms with Crippen LogP contribution in [0.5, 0.6) is 5.75 Å². The summed E-state index contributed by atoms with van der Waals surface area (Å²) >= 11 is 0. The number of nitrogens with one attached hydrogen (secondary N) is 1. The van der Waals surface area contributed by atoms with Crippen LogP contribution in [-0.2, 0) is 0 Å². The standard InChI is InChI=1S/C16H25N3O2/c1-13(18(2)3)9-10-17-16(20)19-11-15(12-19)21-14-7-5-4-6-8-14/h4-8,13,15H,9-12H2,1-3H3,(H,17,20)/t13-/m0/s1. The molecule has 0 spiro atoms. The largest absolute Gasteiger partial charge is 0.487 e. The maximum absolute atomic E-state index is 11.9. The molecule has 1 aliphatic rings. The summed E-state index contributed by atoms with van der Waals surface area (Å²) in [4.78, 5) is 15.9. The average molecular weight is 291 g/mol. The number of benzene rings is 1. The molecule has 2 rings (SSSR count). The van der Waals surface area contributed by atoms with E-state index < -0.39 is 0 Å². The van der Waals surface area contributed by atoms with Crippen molar-refractivity contribution in [3.63, 3.8) is 0 Å². The van der Waals surface area contributed by atoms with Crippen molar-refractivity contribution in [1.29, 1.82) is 0 Å². The molecule has 0 aliphatic carbocycles. The molecule has 5 nitrogen and oxygen atoms in total. The van der Waals surface area contributed by atoms with Crippen molar-refractivity contribution in [3.05, 3.63) is 30.3 Å². The highest BCUT2D eigenvalue weighted by Crippen LogP contribution is 2.17. The predicted octanol–water partition coefficient (Wildman–Crippen LogP) is 1.80. The Bertz CT molecular complexity index is 444. The van der Waals surface area contributed by atoms with E-state index in [1.54, 1.807) is 4.90 Å². The lowest BCUT2D eigenvalue weighted by molar-refractivity contribution is 0.0443. The SMILES string of the molecule is C[C@@H](CCNC(=O)N1CC(Oc2ccccc2)C1)N(C)C. The summed E-state index contributed by atoms with van der Waals surface area (Å²) in [6, 6.07) is 10.2. The summed E-state index contributed by atoms with van der Waals surface area (Å²) in [5.74, 6) is 0.863. The van der Waals surface area contributed by atoms with Crippen LogP contribution in [0, 0.1) is 0 Å². The van der Waals surface area contributed by atoms with Crippen LogP contribution in [-0.4, -0.2) is 61.7 Å². The summed E-state index contributed by atoms with van der Waals surface area (Å²) in [7, 11) is 4.10. The molecule has 1 aromatic carbocycles. The Hall–Kier alpha value is -1.75. The molecule has 1 fully saturated rings. The molecule has 116 valence electrons. The fourth-order valence-electron chi connectivity index (χ4n) is 2.13. The molecule has 1 aromatic rings. The molecule has 0 bridgehead atoms. The second-order valence-corrected chi connectivity index (χ2v) is 5.79. The number of amides is 2. The van der Waals surface area contributed by atoms with Gasteiger partial charge in [0.25, 0.3) is 0 Å². The Balaban J connectivity index is 1.62. The molecule has 1 heterocycles. The summed E-state index contributed by atoms with van der Waals surface area (Å²) in [6.07, 6.45) is 1.06. The molecule has 2 amide bonds. The lowest BCUT2D eigenvalue weighted by atomic mass is 10.2. The van der Waals surface area contributed by atoms with Gasteiger partial charge >= 0.3 is 6.03 Å². The third-order valence-electron chi connectivity index (χ3n) is 3.90. The van der Waals surface area contributed by atoms with Crippen LogP contribution in [0.3, 0.4) is 0 Å². The fourth-order valence-corrected chi connectivity index (χ4v) is 2.13. The third-order valence-corrected chi connectivity index (χ3v) is 3.90. The van der Waals surface area contributed by atoms with Crippen LogP contribution in [0.2, 0.25) is 0 Å². The average Bonchev–Trinajstić information content (AvgIpc) is 2.43. The Labute approximate surface area is 126 Å². The monoisotopic (exact) mass is 291 g/mol. The van der Waals surface area contributed by atoms with E-state index in [-0.39, 0.29) is 12.1 Å². The summed E-state index contributed by atoms with van der Waals surface area (Å²) in [5, 5.41) is 2.96. The van der Waals surface area contributed by atoms with Gasteiger partial charge in [0.2, 0.25) is 0 Å². The van der Waals surface area contributed by atoms with Crippen molar-refractivity contribution >= 4 is 6.03 Å². The summed E-state index contributed by atoms with van der Waals surface area (Å²) < 4.78 is 5.78. The van der Waals surface area contributed by atoms with E-state index in [1.807, 2.05) is 44.4 Å². The molecule has 0 aromatic heterocycles. The Morgan fingerprint density at radius 2 is 2.05 bits per heavy atom. The second kappa shape index (κ2) is 7.31. The van der Waals surface area contributed by atoms with Crippen LogP contribution in [0.4, 0.5) is 4.79 Å². The van der Waals surface area contributed by atoms with Crippen LogP contribution >= 0.6 is 0 Å². The Kier molecular flexibility index (Phi) is 5.44. The van der Waals surface area contributed by atoms with Crippen LogP contribution < -0.4 is 10.1 Å². The van der Waals surface area contributed by atoms with E-state index in [9.17, 15) is 4.79 Å². The third kappa shape index (κ3) is 4.63. The highest BCUT2D eigenvalue weighted by molar-refractivity contribution is 5.75. The van der Waals surface area contributed by atoms with Gasteiger partial charge in [-0.05, 0) is 39.6 Å². The molecule has 1 N–H and O–H groups in total. The quantitative estimate of drug-likeness (QED) is 0.869. The molecular formula is C16H25N3O2. The van der Waals surface area contributed by atoms with Gasteiger partial charge in [-0.15, -0.1) is 0 Å². The van der Waals surface area contributed by atoms with Gasteiger partial charge in [0.15, 0.2) is 0 Å². The van der Waals surface area contributed by atoms with Crippen molar-refractivity contribution in [2.75, 3.05) is 33.7 Å². The van der Waals surface area contributed by atoms with Gasteiger partial charge in [0.1, 0.15) is 11.9 Å². The summed E-state index contributed by atoms with van der Waals surface area (Å²) in [5.41, 5.74) is 0. The number of urea groups is 1. The second-order valence-electron chi connectivity index (χ2n) is 5.79. The zero-order valence-corrected chi connectivity index (χ0v) is 13.1. The minimum Gasteiger partial charge on any atom is -0.487 e. The highest BCUT2D eigenvalue weighted by Gasteiger charge is 2.32. The smallest absolute Gasteiger partial charge is 0.317 e. The molecular weight excluding hydrogens is 266 g/mol. The zero-order valence-electron chi connectivity index (χ0n) is 13.1. The van der Waals surface area contributed by atoms with Crippen molar-refractivity contribution in [3.8, 4) is 5.75 Å². The number of ether oxygens (including phenoxy) is 1. The number of nitrogens with zero attached hydrogens (tertiary/aromatic N) is 2. The molecule has 0 unspecified atom stereocenters. The maximum atomic E-state index is 11.9. The van der Waals surface area contributed by atoms with E-state index >= 15 is 0 Å². The number of para-hydroxylation sites is 1. The van der Waals surface area contributed by atoms with Gasteiger partial charge in [-0.25, -0.2) is 4.79 Å². The molecule has 1 saturated heterocycles. The van der Waals surface area contributed by atoms with E-state index in [4.69, 9.17) is 4.74 Å². The first-order chi connectivity index (χ1) is 10.1. The van der Waals surface area contributed by atoms with Gasteiger partial charge in [-0.3, -0.25) is 0 Å². The Morgan fingerprint density at radius 1 is 1.38 bits per heavy atom. The first-order valence-electron chi connectivity index (χ1n) is 7.47. The van der Waals surface area contributed by atoms with Crippen molar-refractivity contribution in [1.82, 2.24) is 15.1 Å². The topological polar surface area (TPSA) is 44.8 Å². The van der Waals surface area contributed by atoms with Crippen LogP contribution in [0.15, 0.2) is 30.3 Å². The van der Waals surface area contributed by atoms with Gasteiger partial charge in [-0.1, -0.05) is 18.2 Å². The molecule has 1 atom stereocenters. The molecule has 0 radical (unpaired) electrons. The van der Waals surface area contributed by atoms with Gasteiger partial charge < -0.3 is 19.9 Å². The highest BCUT2D eigenvalue weighted by atomic mass is 16.5. The number of hydrogen-bond acceptors (Lipinski definition) is 3. The summed E-state index contributed by atoms with van der Waals surface area (Å²) in [6.45, 7) is 4.17. The van der Waals surface area contributed by atoms with Crippen LogP contribution in [0.1, 0.15) is 13.3 Å². The van der Waals surface area contributed by atoms with E-state index in [1.165, 1.54) is 0 Å². The number of hydrogen-bond donors (Lipinski definition) is 1. The fraction of sp³-hybridized carbons (Fsp3) is 0.562. The van der Waals surface area contributed by atoms with Gasteiger partial charge in [0, 0.05) is 12.6 Å². The van der Waals surface area contributed by atoms with Crippen molar-refractivity contribution in [2.24, 2.45) is 0 Å². The number of carbonyl (C=O) groups is 1. The normalized spacial score (nSPS) is 16.5. The predicted molar refractivity (Wildman–Crippen MR) is 83.6 cm³/mol. The van der Waals surface area contributed by atoms with Gasteiger partial charge in [0.05, 0.1) is 13.1 Å². The first-order valence-corrected chi connectivity index (χ1v) is 7.47. The lowest BCUT2D eigenvalue weighted by Gasteiger charge is -2.38. The molecule has 1 aliphatic heterocycles. The van der Waals surface area contributed by atoms with Crippen LogP contribution in [0.25, 0.3) is 0 Å². The number of carbonyl (C=O) groups excluding carboxylic acids is 1. The minimum atomic E-state index is 0.00821. The molecule has 21 heavy (non-hydrogen) atoms. The van der Waals surface area contributed by atoms with E-state index in [2.05, 4.69) is 17.1 Å². The minimum absolute atomic E-state index is 0.00821. The maximum Gasteiger partial charge on any atom is 0.317 e. The zero-order chi connectivity index (χ0) is 15.2. The first kappa shape index (κ1) is 15.6. The van der Waals surface area contributed by atoms with Crippen molar-refractivity contribution in [2.45, 2.75) is 25.5 Å².